The molecule has 0 atom stereocenters. The monoisotopic (exact) mass is 430 g/mol. The van der Waals surface area contributed by atoms with Crippen LogP contribution in [0.4, 0.5) is 0 Å². The molecule has 4 heteroatoms. The Morgan fingerprint density at radius 2 is 1.26 bits per heavy atom. The summed E-state index contributed by atoms with van der Waals surface area (Å²) in [5, 5.41) is 0. The van der Waals surface area contributed by atoms with Crippen molar-refractivity contribution in [2.45, 2.75) is 17.2 Å². The van der Waals surface area contributed by atoms with Crippen molar-refractivity contribution in [3.05, 3.63) is 102 Å². The lowest BCUT2D eigenvalue weighted by Gasteiger charge is -2.35. The van der Waals surface area contributed by atoms with E-state index in [1.165, 1.54) is 16.0 Å². The minimum Gasteiger partial charge on any atom is -0.340 e. The second-order valence-corrected chi connectivity index (χ2v) is 9.13. The van der Waals surface area contributed by atoms with Gasteiger partial charge in [0.05, 0.1) is 0 Å². The number of hydrogen-bond acceptors (Lipinski definition) is 3. The van der Waals surface area contributed by atoms with Crippen LogP contribution in [0.25, 0.3) is 0 Å². The Kier molecular flexibility index (Phi) is 7.81. The van der Waals surface area contributed by atoms with Crippen LogP contribution in [0.3, 0.4) is 0 Å². The molecular weight excluding hydrogens is 400 g/mol. The van der Waals surface area contributed by atoms with Crippen LogP contribution < -0.4 is 0 Å². The molecular formula is C27H30N2OS. The van der Waals surface area contributed by atoms with Crippen LogP contribution in [-0.4, -0.2) is 54.2 Å². The van der Waals surface area contributed by atoms with Gasteiger partial charge >= 0.3 is 0 Å². The highest BCUT2D eigenvalue weighted by Gasteiger charge is 2.25. The van der Waals surface area contributed by atoms with Crippen molar-refractivity contribution in [2.75, 3.05) is 38.5 Å². The van der Waals surface area contributed by atoms with Gasteiger partial charge in [0.25, 0.3) is 0 Å². The minimum absolute atomic E-state index is 0.107. The van der Waals surface area contributed by atoms with Gasteiger partial charge in [-0.1, -0.05) is 78.9 Å². The first-order valence-electron chi connectivity index (χ1n) is 11.1. The lowest BCUT2D eigenvalue weighted by atomic mass is 9.88. The smallest absolute Gasteiger partial charge is 0.223 e. The van der Waals surface area contributed by atoms with E-state index in [0.29, 0.717) is 6.42 Å². The second kappa shape index (κ2) is 11.2. The Labute approximate surface area is 190 Å². The maximum absolute atomic E-state index is 13.2. The fourth-order valence-corrected chi connectivity index (χ4v) is 5.07. The lowest BCUT2D eigenvalue weighted by Crippen LogP contribution is -2.49. The van der Waals surface area contributed by atoms with E-state index in [1.54, 1.807) is 0 Å². The van der Waals surface area contributed by atoms with Gasteiger partial charge < -0.3 is 4.90 Å². The van der Waals surface area contributed by atoms with E-state index < -0.39 is 0 Å². The summed E-state index contributed by atoms with van der Waals surface area (Å²) in [5.41, 5.74) is 2.41. The Hall–Kier alpha value is -2.56. The van der Waals surface area contributed by atoms with Gasteiger partial charge in [-0.25, -0.2) is 0 Å². The van der Waals surface area contributed by atoms with Gasteiger partial charge in [0.15, 0.2) is 0 Å². The molecule has 0 bridgehead atoms. The number of piperazine rings is 1. The van der Waals surface area contributed by atoms with Crippen molar-refractivity contribution in [2.24, 2.45) is 0 Å². The first kappa shape index (κ1) is 21.7. The van der Waals surface area contributed by atoms with Crippen LogP contribution in [0.2, 0.25) is 0 Å². The molecule has 31 heavy (non-hydrogen) atoms. The fraction of sp³-hybridized carbons (Fsp3) is 0.296. The van der Waals surface area contributed by atoms with E-state index in [2.05, 4.69) is 88.7 Å². The van der Waals surface area contributed by atoms with E-state index in [-0.39, 0.29) is 11.8 Å². The van der Waals surface area contributed by atoms with Crippen LogP contribution in [0.1, 0.15) is 23.5 Å². The number of amides is 1. The molecule has 1 fully saturated rings. The standard InChI is InChI=1S/C27H30N2OS/c30-27(22-26(23-10-4-1-5-11-23)24-12-6-2-7-13-24)29-18-16-28(17-19-29)20-21-31-25-14-8-3-9-15-25/h1-15,26H,16-22H2. The summed E-state index contributed by atoms with van der Waals surface area (Å²) in [7, 11) is 0. The van der Waals surface area contributed by atoms with Gasteiger partial charge in [-0.15, -0.1) is 11.8 Å². The van der Waals surface area contributed by atoms with Gasteiger partial charge in [0.2, 0.25) is 5.91 Å². The largest absolute Gasteiger partial charge is 0.340 e. The molecule has 1 heterocycles. The average Bonchev–Trinajstić information content (AvgIpc) is 2.84. The molecule has 1 amide bonds. The molecule has 1 saturated heterocycles. The molecule has 0 aromatic heterocycles. The molecule has 1 aliphatic heterocycles. The number of nitrogens with zero attached hydrogens (tertiary/aromatic N) is 2. The number of benzene rings is 3. The van der Waals surface area contributed by atoms with Gasteiger partial charge in [-0.05, 0) is 23.3 Å². The number of carbonyl (C=O) groups is 1. The summed E-state index contributed by atoms with van der Waals surface area (Å²) < 4.78 is 0. The van der Waals surface area contributed by atoms with Crippen molar-refractivity contribution < 1.29 is 4.79 Å². The normalized spacial score (nSPS) is 14.7. The SMILES string of the molecule is O=C(CC(c1ccccc1)c1ccccc1)N1CCN(CCSc2ccccc2)CC1. The molecule has 0 aliphatic carbocycles. The zero-order chi connectivity index (χ0) is 21.3. The number of hydrogen-bond donors (Lipinski definition) is 0. The highest BCUT2D eigenvalue weighted by Crippen LogP contribution is 2.28. The average molecular weight is 431 g/mol. The van der Waals surface area contributed by atoms with Crippen molar-refractivity contribution in [1.82, 2.24) is 9.80 Å². The molecule has 3 nitrogen and oxygen atoms in total. The second-order valence-electron chi connectivity index (χ2n) is 7.96. The predicted molar refractivity (Wildman–Crippen MR) is 130 cm³/mol. The molecule has 0 unspecified atom stereocenters. The Bertz CT molecular complexity index is 886. The van der Waals surface area contributed by atoms with E-state index in [1.807, 2.05) is 23.9 Å². The third-order valence-electron chi connectivity index (χ3n) is 5.93. The summed E-state index contributed by atoms with van der Waals surface area (Å²) in [6.07, 6.45) is 0.526. The van der Waals surface area contributed by atoms with Gasteiger partial charge in [-0.3, -0.25) is 9.69 Å². The predicted octanol–water partition coefficient (Wildman–Crippen LogP) is 5.15. The zero-order valence-electron chi connectivity index (χ0n) is 17.9. The Morgan fingerprint density at radius 1 is 0.742 bits per heavy atom. The van der Waals surface area contributed by atoms with Crippen molar-refractivity contribution >= 4 is 17.7 Å². The van der Waals surface area contributed by atoms with E-state index >= 15 is 0 Å². The van der Waals surface area contributed by atoms with Crippen LogP contribution >= 0.6 is 11.8 Å². The molecule has 0 spiro atoms. The topological polar surface area (TPSA) is 23.6 Å². The summed E-state index contributed by atoms with van der Waals surface area (Å²) in [4.78, 5) is 19.0. The Balaban J connectivity index is 1.29. The van der Waals surface area contributed by atoms with Crippen LogP contribution in [0.15, 0.2) is 95.9 Å². The first-order valence-corrected chi connectivity index (χ1v) is 12.1. The molecule has 3 aromatic rings. The third-order valence-corrected chi connectivity index (χ3v) is 6.92. The molecule has 0 N–H and O–H groups in total. The molecule has 1 aliphatic rings. The summed E-state index contributed by atoms with van der Waals surface area (Å²) in [6, 6.07) is 31.4. The Morgan fingerprint density at radius 3 is 1.81 bits per heavy atom. The van der Waals surface area contributed by atoms with Crippen LogP contribution in [0, 0.1) is 0 Å². The van der Waals surface area contributed by atoms with Crippen LogP contribution in [-0.2, 0) is 4.79 Å². The van der Waals surface area contributed by atoms with E-state index in [9.17, 15) is 4.79 Å². The summed E-state index contributed by atoms with van der Waals surface area (Å²) in [6.45, 7) is 4.64. The van der Waals surface area contributed by atoms with Gasteiger partial charge in [0.1, 0.15) is 0 Å². The summed E-state index contributed by atoms with van der Waals surface area (Å²) >= 11 is 1.90. The summed E-state index contributed by atoms with van der Waals surface area (Å²) in [5.74, 6) is 1.45. The molecule has 160 valence electrons. The zero-order valence-corrected chi connectivity index (χ0v) is 18.7. The maximum atomic E-state index is 13.2. The minimum atomic E-state index is 0.107. The number of carbonyl (C=O) groups excluding carboxylic acids is 1. The first-order chi connectivity index (χ1) is 15.3. The molecule has 0 saturated carbocycles. The van der Waals surface area contributed by atoms with Crippen molar-refractivity contribution in [3.8, 4) is 0 Å². The molecule has 0 radical (unpaired) electrons. The fourth-order valence-electron chi connectivity index (χ4n) is 4.13. The van der Waals surface area contributed by atoms with Crippen molar-refractivity contribution in [3.63, 3.8) is 0 Å². The van der Waals surface area contributed by atoms with Crippen LogP contribution in [0.5, 0.6) is 0 Å². The third kappa shape index (κ3) is 6.22. The van der Waals surface area contributed by atoms with E-state index in [0.717, 1.165) is 38.5 Å². The highest BCUT2D eigenvalue weighted by atomic mass is 32.2. The van der Waals surface area contributed by atoms with E-state index in [4.69, 9.17) is 0 Å². The lowest BCUT2D eigenvalue weighted by molar-refractivity contribution is -0.133. The van der Waals surface area contributed by atoms with Gasteiger partial charge in [-0.2, -0.15) is 0 Å². The molecule has 4 rings (SSSR count). The van der Waals surface area contributed by atoms with Crippen molar-refractivity contribution in [1.29, 1.82) is 0 Å². The number of rotatable bonds is 8. The molecule has 3 aromatic carbocycles. The maximum Gasteiger partial charge on any atom is 0.223 e. The highest BCUT2D eigenvalue weighted by molar-refractivity contribution is 7.99. The number of thioether (sulfide) groups is 1. The van der Waals surface area contributed by atoms with Gasteiger partial charge in [0, 0.05) is 55.7 Å². The quantitative estimate of drug-likeness (QED) is 0.462.